The molecule has 118 valence electrons. The molecule has 0 aliphatic heterocycles. The van der Waals surface area contributed by atoms with Crippen molar-refractivity contribution in [3.8, 4) is 0 Å². The Morgan fingerprint density at radius 3 is 1.71 bits per heavy atom. The van der Waals surface area contributed by atoms with Crippen molar-refractivity contribution in [1.29, 1.82) is 0 Å². The lowest BCUT2D eigenvalue weighted by molar-refractivity contribution is -0.120. The van der Waals surface area contributed by atoms with E-state index in [1.165, 1.54) is 6.92 Å². The van der Waals surface area contributed by atoms with Crippen molar-refractivity contribution in [2.45, 2.75) is 59.6 Å². The summed E-state index contributed by atoms with van der Waals surface area (Å²) in [6.45, 7) is 12.9. The van der Waals surface area contributed by atoms with Crippen LogP contribution < -0.4 is 5.32 Å². The average Bonchev–Trinajstić information content (AvgIpc) is 2.25. The van der Waals surface area contributed by atoms with Crippen molar-refractivity contribution < 1.29 is 14.3 Å². The minimum absolute atomic E-state index is 0.0255. The lowest BCUT2D eigenvalue weighted by Crippen LogP contribution is -2.38. The highest BCUT2D eigenvalue weighted by Gasteiger charge is 2.17. The van der Waals surface area contributed by atoms with Crippen molar-refractivity contribution in [3.63, 3.8) is 0 Å². The van der Waals surface area contributed by atoms with Gasteiger partial charge in [-0.3, -0.25) is 4.79 Å². The van der Waals surface area contributed by atoms with Gasteiger partial charge in [0.2, 0.25) is 5.91 Å². The lowest BCUT2D eigenvalue weighted by Gasteiger charge is -2.19. The van der Waals surface area contributed by atoms with Crippen LogP contribution in [0.25, 0.3) is 0 Å². The molecule has 1 aromatic carbocycles. The standard InChI is InChI=1S/C11H14O2.C6H13NO/c1-11(2,3)13-10(12)9-7-5-4-6-8-9;1-5(8)7-6(2,3)4/h4-8H,1-3H3;1-4H3,(H,7,8). The van der Waals surface area contributed by atoms with E-state index in [2.05, 4.69) is 5.32 Å². The molecule has 0 aromatic heterocycles. The highest BCUT2D eigenvalue weighted by molar-refractivity contribution is 5.89. The Balaban J connectivity index is 0.000000433. The second-order valence-corrected chi connectivity index (χ2v) is 6.80. The van der Waals surface area contributed by atoms with Gasteiger partial charge >= 0.3 is 5.97 Å². The Hall–Kier alpha value is -1.84. The molecule has 1 aromatic rings. The number of carbonyl (C=O) groups excluding carboxylic acids is 2. The van der Waals surface area contributed by atoms with Crippen LogP contribution in [0.15, 0.2) is 30.3 Å². The topological polar surface area (TPSA) is 55.4 Å². The van der Waals surface area contributed by atoms with Crippen molar-refractivity contribution in [1.82, 2.24) is 5.32 Å². The SMILES string of the molecule is CC(=O)NC(C)(C)C.CC(C)(C)OC(=O)c1ccccc1. The van der Waals surface area contributed by atoms with E-state index >= 15 is 0 Å². The van der Waals surface area contributed by atoms with Crippen molar-refractivity contribution in [2.75, 3.05) is 0 Å². The van der Waals surface area contributed by atoms with E-state index in [1.54, 1.807) is 12.1 Å². The largest absolute Gasteiger partial charge is 0.456 e. The van der Waals surface area contributed by atoms with Gasteiger partial charge in [0.1, 0.15) is 5.60 Å². The number of ether oxygens (including phenoxy) is 1. The Labute approximate surface area is 127 Å². The van der Waals surface area contributed by atoms with Crippen LogP contribution in [-0.4, -0.2) is 23.0 Å². The van der Waals surface area contributed by atoms with Gasteiger partial charge in [-0.05, 0) is 53.7 Å². The van der Waals surface area contributed by atoms with Crippen LogP contribution in [0.2, 0.25) is 0 Å². The molecule has 0 heterocycles. The molecular formula is C17H27NO3. The van der Waals surface area contributed by atoms with E-state index in [0.29, 0.717) is 5.56 Å². The molecular weight excluding hydrogens is 266 g/mol. The van der Waals surface area contributed by atoms with Crippen LogP contribution in [0.5, 0.6) is 0 Å². The van der Waals surface area contributed by atoms with Gasteiger partial charge in [0.15, 0.2) is 0 Å². The summed E-state index contributed by atoms with van der Waals surface area (Å²) in [5, 5.41) is 2.74. The third-order valence-electron chi connectivity index (χ3n) is 1.96. The third kappa shape index (κ3) is 11.7. The molecule has 4 heteroatoms. The van der Waals surface area contributed by atoms with Crippen LogP contribution in [0.3, 0.4) is 0 Å². The van der Waals surface area contributed by atoms with E-state index in [4.69, 9.17) is 4.74 Å². The van der Waals surface area contributed by atoms with Gasteiger partial charge in [-0.2, -0.15) is 0 Å². The zero-order valence-electron chi connectivity index (χ0n) is 14.1. The van der Waals surface area contributed by atoms with Crippen LogP contribution >= 0.6 is 0 Å². The normalized spacial score (nSPS) is 11.0. The van der Waals surface area contributed by atoms with Crippen LogP contribution in [0, 0.1) is 0 Å². The van der Waals surface area contributed by atoms with Crippen LogP contribution in [0.1, 0.15) is 58.8 Å². The third-order valence-corrected chi connectivity index (χ3v) is 1.96. The molecule has 0 saturated heterocycles. The first-order valence-corrected chi connectivity index (χ1v) is 6.98. The summed E-state index contributed by atoms with van der Waals surface area (Å²) in [6.07, 6.45) is 0. The Kier molecular flexibility index (Phi) is 7.13. The van der Waals surface area contributed by atoms with E-state index < -0.39 is 5.60 Å². The molecule has 0 spiro atoms. The first kappa shape index (κ1) is 19.2. The molecule has 0 atom stereocenters. The zero-order chi connectivity index (χ0) is 16.7. The summed E-state index contributed by atoms with van der Waals surface area (Å²) in [4.78, 5) is 21.8. The molecule has 1 rings (SSSR count). The molecule has 1 N–H and O–H groups in total. The highest BCUT2D eigenvalue weighted by Crippen LogP contribution is 2.11. The summed E-state index contributed by atoms with van der Waals surface area (Å²) in [5.74, 6) is -0.245. The van der Waals surface area contributed by atoms with Gasteiger partial charge in [-0.15, -0.1) is 0 Å². The Bertz CT molecular complexity index is 453. The van der Waals surface area contributed by atoms with Crippen molar-refractivity contribution in [3.05, 3.63) is 35.9 Å². The van der Waals surface area contributed by atoms with Crippen molar-refractivity contribution in [2.24, 2.45) is 0 Å². The number of rotatable bonds is 1. The first-order valence-electron chi connectivity index (χ1n) is 6.98. The predicted octanol–water partition coefficient (Wildman–Crippen LogP) is 3.56. The molecule has 4 nitrogen and oxygen atoms in total. The number of hydrogen-bond acceptors (Lipinski definition) is 3. The van der Waals surface area contributed by atoms with Gasteiger partial charge in [-0.1, -0.05) is 18.2 Å². The van der Waals surface area contributed by atoms with Crippen molar-refractivity contribution >= 4 is 11.9 Å². The van der Waals surface area contributed by atoms with E-state index in [9.17, 15) is 9.59 Å². The Morgan fingerprint density at radius 2 is 1.43 bits per heavy atom. The quantitative estimate of drug-likeness (QED) is 0.805. The number of benzene rings is 1. The van der Waals surface area contributed by atoms with Gasteiger partial charge < -0.3 is 10.1 Å². The molecule has 0 radical (unpaired) electrons. The minimum atomic E-state index is -0.424. The number of carbonyl (C=O) groups is 2. The summed E-state index contributed by atoms with van der Waals surface area (Å²) >= 11 is 0. The lowest BCUT2D eigenvalue weighted by atomic mass is 10.1. The maximum atomic E-state index is 11.4. The van der Waals surface area contributed by atoms with Crippen LogP contribution in [-0.2, 0) is 9.53 Å². The second kappa shape index (κ2) is 7.81. The second-order valence-electron chi connectivity index (χ2n) is 6.80. The summed E-state index contributed by atoms with van der Waals surface area (Å²) < 4.78 is 5.18. The summed E-state index contributed by atoms with van der Waals surface area (Å²) in [5.41, 5.74) is 0.0936. The maximum absolute atomic E-state index is 11.4. The minimum Gasteiger partial charge on any atom is -0.456 e. The maximum Gasteiger partial charge on any atom is 0.338 e. The first-order chi connectivity index (χ1) is 9.41. The number of esters is 1. The molecule has 0 bridgehead atoms. The highest BCUT2D eigenvalue weighted by atomic mass is 16.6. The molecule has 0 fully saturated rings. The summed E-state index contributed by atoms with van der Waals surface area (Å²) in [6, 6.07) is 8.99. The summed E-state index contributed by atoms with van der Waals surface area (Å²) in [7, 11) is 0. The predicted molar refractivity (Wildman–Crippen MR) is 85.2 cm³/mol. The van der Waals surface area contributed by atoms with E-state index in [0.717, 1.165) is 0 Å². The van der Waals surface area contributed by atoms with E-state index in [1.807, 2.05) is 59.7 Å². The van der Waals surface area contributed by atoms with Gasteiger partial charge in [0.05, 0.1) is 5.56 Å². The monoisotopic (exact) mass is 293 g/mol. The van der Waals surface area contributed by atoms with Crippen LogP contribution in [0.4, 0.5) is 0 Å². The number of nitrogens with one attached hydrogen (secondary N) is 1. The molecule has 0 aliphatic rings. The number of hydrogen-bond donors (Lipinski definition) is 1. The fourth-order valence-electron chi connectivity index (χ4n) is 1.44. The Morgan fingerprint density at radius 1 is 0.952 bits per heavy atom. The average molecular weight is 293 g/mol. The smallest absolute Gasteiger partial charge is 0.338 e. The van der Waals surface area contributed by atoms with Gasteiger partial charge in [0, 0.05) is 12.5 Å². The zero-order valence-corrected chi connectivity index (χ0v) is 14.1. The fourth-order valence-corrected chi connectivity index (χ4v) is 1.44. The molecule has 21 heavy (non-hydrogen) atoms. The molecule has 0 unspecified atom stereocenters. The molecule has 0 aliphatic carbocycles. The fraction of sp³-hybridized carbons (Fsp3) is 0.529. The molecule has 1 amide bonds. The number of amides is 1. The molecule has 0 saturated carbocycles. The van der Waals surface area contributed by atoms with E-state index in [-0.39, 0.29) is 17.4 Å². The van der Waals surface area contributed by atoms with Gasteiger partial charge in [0.25, 0.3) is 0 Å². The van der Waals surface area contributed by atoms with Gasteiger partial charge in [-0.25, -0.2) is 4.79 Å².